The average molecular weight is 288 g/mol. The number of rotatable bonds is 6. The van der Waals surface area contributed by atoms with E-state index >= 15 is 0 Å². The predicted molar refractivity (Wildman–Crippen MR) is 75.0 cm³/mol. The van der Waals surface area contributed by atoms with Gasteiger partial charge in [0.1, 0.15) is 0 Å². The lowest BCUT2D eigenvalue weighted by Gasteiger charge is -2.37. The molecule has 0 spiro atoms. The van der Waals surface area contributed by atoms with E-state index in [1.54, 1.807) is 27.7 Å². The summed E-state index contributed by atoms with van der Waals surface area (Å²) in [5, 5.41) is 21.8. The van der Waals surface area contributed by atoms with Gasteiger partial charge >= 0.3 is 0 Å². The maximum absolute atomic E-state index is 10.9. The predicted octanol–water partition coefficient (Wildman–Crippen LogP) is 0.715. The minimum atomic E-state index is -0.956. The first-order valence-electron chi connectivity index (χ1n) is 6.78. The topological polar surface area (TPSA) is 92.8 Å². The van der Waals surface area contributed by atoms with E-state index < -0.39 is 11.1 Å². The zero-order valence-electron chi connectivity index (χ0n) is 12.7. The molecule has 0 atom stereocenters. The van der Waals surface area contributed by atoms with Crippen LogP contribution >= 0.6 is 0 Å². The third-order valence-electron chi connectivity index (χ3n) is 3.67. The van der Waals surface area contributed by atoms with E-state index in [0.717, 1.165) is 0 Å². The Morgan fingerprint density at radius 3 is 1.25 bits per heavy atom. The molecule has 0 aromatic rings. The quantitative estimate of drug-likeness (QED) is 0.528. The van der Waals surface area contributed by atoms with Crippen molar-refractivity contribution in [1.82, 2.24) is 9.80 Å². The van der Waals surface area contributed by atoms with E-state index in [-0.39, 0.29) is 9.85 Å². The first-order chi connectivity index (χ1) is 9.04. The molecule has 0 amide bonds. The lowest BCUT2D eigenvalue weighted by Crippen LogP contribution is -2.55. The fourth-order valence-corrected chi connectivity index (χ4v) is 2.32. The monoisotopic (exact) mass is 288 g/mol. The van der Waals surface area contributed by atoms with Crippen LogP contribution in [0.25, 0.3) is 0 Å². The van der Waals surface area contributed by atoms with E-state index in [1.807, 2.05) is 0 Å². The van der Waals surface area contributed by atoms with Crippen molar-refractivity contribution in [2.24, 2.45) is 0 Å². The Kier molecular flexibility index (Phi) is 5.04. The van der Waals surface area contributed by atoms with Gasteiger partial charge in [0.2, 0.25) is 11.1 Å². The molecule has 1 aliphatic heterocycles. The summed E-state index contributed by atoms with van der Waals surface area (Å²) in [6, 6.07) is 0. The van der Waals surface area contributed by atoms with E-state index in [1.165, 1.54) is 0 Å². The molecule has 0 N–H and O–H groups in total. The molecule has 1 aliphatic rings. The molecule has 0 saturated carbocycles. The molecule has 0 unspecified atom stereocenters. The second kappa shape index (κ2) is 6.01. The Balaban J connectivity index is 2.45. The van der Waals surface area contributed by atoms with Crippen molar-refractivity contribution in [2.75, 3.05) is 39.3 Å². The summed E-state index contributed by atoms with van der Waals surface area (Å²) in [6.45, 7) is 10.2. The van der Waals surface area contributed by atoms with Gasteiger partial charge in [0.05, 0.1) is 13.1 Å². The normalized spacial score (nSPS) is 19.0. The molecule has 1 fully saturated rings. The number of nitrogens with zero attached hydrogens (tertiary/aromatic N) is 4. The molecular formula is C12H24N4O4. The van der Waals surface area contributed by atoms with Gasteiger partial charge in [-0.1, -0.05) is 0 Å². The molecule has 8 nitrogen and oxygen atoms in total. The van der Waals surface area contributed by atoms with Gasteiger partial charge < -0.3 is 0 Å². The van der Waals surface area contributed by atoms with E-state index in [9.17, 15) is 20.2 Å². The summed E-state index contributed by atoms with van der Waals surface area (Å²) in [5.41, 5.74) is -1.91. The highest BCUT2D eigenvalue weighted by Gasteiger charge is 2.37. The van der Waals surface area contributed by atoms with Gasteiger partial charge in [-0.3, -0.25) is 30.0 Å². The van der Waals surface area contributed by atoms with Crippen LogP contribution in [0.15, 0.2) is 0 Å². The minimum Gasteiger partial charge on any atom is -0.294 e. The minimum absolute atomic E-state index is 0.255. The average Bonchev–Trinajstić information content (AvgIpc) is 2.30. The van der Waals surface area contributed by atoms with Gasteiger partial charge in [-0.05, 0) is 0 Å². The molecule has 1 heterocycles. The molecule has 20 heavy (non-hydrogen) atoms. The van der Waals surface area contributed by atoms with E-state index in [4.69, 9.17) is 0 Å². The van der Waals surface area contributed by atoms with Crippen molar-refractivity contribution in [2.45, 2.75) is 38.8 Å². The molecule has 0 aromatic heterocycles. The Morgan fingerprint density at radius 2 is 1.05 bits per heavy atom. The van der Waals surface area contributed by atoms with Crippen LogP contribution in [0.1, 0.15) is 27.7 Å². The van der Waals surface area contributed by atoms with Gasteiger partial charge in [0.15, 0.2) is 0 Å². The number of hydrogen-bond donors (Lipinski definition) is 0. The van der Waals surface area contributed by atoms with Crippen molar-refractivity contribution in [3.8, 4) is 0 Å². The van der Waals surface area contributed by atoms with Crippen LogP contribution in [0, 0.1) is 20.2 Å². The Morgan fingerprint density at radius 1 is 0.800 bits per heavy atom. The van der Waals surface area contributed by atoms with Crippen LogP contribution in [-0.2, 0) is 0 Å². The van der Waals surface area contributed by atoms with Gasteiger partial charge in [-0.25, -0.2) is 0 Å². The van der Waals surface area contributed by atoms with E-state index in [2.05, 4.69) is 9.80 Å². The first kappa shape index (κ1) is 16.8. The zero-order chi connectivity index (χ0) is 15.6. The van der Waals surface area contributed by atoms with Crippen LogP contribution in [0.2, 0.25) is 0 Å². The number of nitro groups is 2. The van der Waals surface area contributed by atoms with Crippen molar-refractivity contribution >= 4 is 0 Å². The summed E-state index contributed by atoms with van der Waals surface area (Å²) in [6.07, 6.45) is 0. The Bertz CT molecular complexity index is 340. The maximum atomic E-state index is 10.9. The summed E-state index contributed by atoms with van der Waals surface area (Å²) in [7, 11) is 0. The summed E-state index contributed by atoms with van der Waals surface area (Å²) >= 11 is 0. The SMILES string of the molecule is CC(C)(CN1CCN(CC(C)(C)[N+](=O)[O-])CC1)[N+](=O)[O-]. The lowest BCUT2D eigenvalue weighted by atomic mass is 10.0. The molecule has 116 valence electrons. The zero-order valence-corrected chi connectivity index (χ0v) is 12.7. The second-order valence-corrected chi connectivity index (χ2v) is 6.69. The summed E-state index contributed by atoms with van der Waals surface area (Å²) < 4.78 is 0. The van der Waals surface area contributed by atoms with Crippen LogP contribution in [0.3, 0.4) is 0 Å². The van der Waals surface area contributed by atoms with E-state index in [0.29, 0.717) is 39.3 Å². The largest absolute Gasteiger partial charge is 0.294 e. The summed E-state index contributed by atoms with van der Waals surface area (Å²) in [5.74, 6) is 0. The van der Waals surface area contributed by atoms with Crippen LogP contribution < -0.4 is 0 Å². The van der Waals surface area contributed by atoms with Gasteiger partial charge in [-0.2, -0.15) is 0 Å². The molecule has 0 aliphatic carbocycles. The van der Waals surface area contributed by atoms with Gasteiger partial charge in [-0.15, -0.1) is 0 Å². The molecular weight excluding hydrogens is 264 g/mol. The molecule has 0 aromatic carbocycles. The van der Waals surface area contributed by atoms with Gasteiger partial charge in [0, 0.05) is 63.7 Å². The molecule has 1 rings (SSSR count). The highest BCUT2D eigenvalue weighted by atomic mass is 16.6. The van der Waals surface area contributed by atoms with Gasteiger partial charge in [0.25, 0.3) is 0 Å². The molecule has 0 bridgehead atoms. The molecule has 8 heteroatoms. The van der Waals surface area contributed by atoms with Crippen molar-refractivity contribution < 1.29 is 9.85 Å². The number of hydrogen-bond acceptors (Lipinski definition) is 6. The highest BCUT2D eigenvalue weighted by molar-refractivity contribution is 4.81. The fourth-order valence-electron chi connectivity index (χ4n) is 2.32. The van der Waals surface area contributed by atoms with Crippen LogP contribution in [-0.4, -0.2) is 70.0 Å². The second-order valence-electron chi connectivity index (χ2n) is 6.69. The maximum Gasteiger partial charge on any atom is 0.229 e. The molecule has 1 saturated heterocycles. The standard InChI is InChI=1S/C12H24N4O4/c1-11(2,15(17)18)9-13-5-7-14(8-6-13)10-12(3,4)16(19)20/h5-10H2,1-4H3. The Labute approximate surface area is 119 Å². The first-order valence-corrected chi connectivity index (χ1v) is 6.78. The fraction of sp³-hybridized carbons (Fsp3) is 1.00. The van der Waals surface area contributed by atoms with Crippen molar-refractivity contribution in [1.29, 1.82) is 0 Å². The highest BCUT2D eigenvalue weighted by Crippen LogP contribution is 2.15. The number of piperazine rings is 1. The summed E-state index contributed by atoms with van der Waals surface area (Å²) in [4.78, 5) is 25.4. The van der Waals surface area contributed by atoms with Crippen LogP contribution in [0.4, 0.5) is 0 Å². The lowest BCUT2D eigenvalue weighted by molar-refractivity contribution is -0.562. The molecule has 0 radical (unpaired) electrons. The van der Waals surface area contributed by atoms with Crippen LogP contribution in [0.5, 0.6) is 0 Å². The smallest absolute Gasteiger partial charge is 0.229 e. The third kappa shape index (κ3) is 4.38. The third-order valence-corrected chi connectivity index (χ3v) is 3.67. The van der Waals surface area contributed by atoms with Crippen molar-refractivity contribution in [3.63, 3.8) is 0 Å². The van der Waals surface area contributed by atoms with Crippen molar-refractivity contribution in [3.05, 3.63) is 20.2 Å². The Hall–Kier alpha value is -1.28.